The molecule has 1 aromatic carbocycles. The van der Waals surface area contributed by atoms with Crippen molar-refractivity contribution in [2.75, 3.05) is 6.54 Å². The van der Waals surface area contributed by atoms with E-state index in [4.69, 9.17) is 0 Å². The average molecular weight is 267 g/mol. The molecule has 1 aromatic rings. The third-order valence-electron chi connectivity index (χ3n) is 3.91. The van der Waals surface area contributed by atoms with Crippen LogP contribution >= 0.6 is 0 Å². The van der Waals surface area contributed by atoms with Gasteiger partial charge in [-0.3, -0.25) is 0 Å². The number of hydrogen-bond acceptors (Lipinski definition) is 2. The molecule has 2 N–H and O–H groups in total. The first kappa shape index (κ1) is 13.7. The quantitative estimate of drug-likeness (QED) is 0.816. The van der Waals surface area contributed by atoms with Crippen LogP contribution < -0.4 is 10.5 Å². The van der Waals surface area contributed by atoms with Gasteiger partial charge in [0.2, 0.25) is 0 Å². The lowest BCUT2D eigenvalue weighted by molar-refractivity contribution is 0.153. The Morgan fingerprint density at radius 2 is 2.06 bits per heavy atom. The first-order valence-corrected chi connectivity index (χ1v) is 9.87. The van der Waals surface area contributed by atoms with Crippen molar-refractivity contribution in [3.8, 4) is 0 Å². The molecular formula is C14H22FNOSi. The van der Waals surface area contributed by atoms with Gasteiger partial charge in [-0.2, -0.15) is 0 Å². The maximum absolute atomic E-state index is 12.9. The van der Waals surface area contributed by atoms with E-state index in [2.05, 4.69) is 18.4 Å². The molecule has 1 aliphatic rings. The highest BCUT2D eigenvalue weighted by Gasteiger charge is 2.31. The number of aliphatic hydroxyl groups is 1. The van der Waals surface area contributed by atoms with Gasteiger partial charge in [0.15, 0.2) is 0 Å². The summed E-state index contributed by atoms with van der Waals surface area (Å²) in [6.07, 6.45) is 1.94. The van der Waals surface area contributed by atoms with Gasteiger partial charge in [-0.05, 0) is 37.6 Å². The molecule has 2 rings (SSSR count). The first-order chi connectivity index (χ1) is 8.49. The van der Waals surface area contributed by atoms with Crippen LogP contribution in [0.4, 0.5) is 4.39 Å². The maximum Gasteiger partial charge on any atom is 0.123 e. The molecule has 0 bridgehead atoms. The van der Waals surface area contributed by atoms with E-state index in [-0.39, 0.29) is 18.0 Å². The second kappa shape index (κ2) is 5.51. The van der Waals surface area contributed by atoms with E-state index in [1.54, 1.807) is 0 Å². The van der Waals surface area contributed by atoms with Gasteiger partial charge in [-0.25, -0.2) is 4.39 Å². The Bertz CT molecular complexity index is 387. The molecule has 1 unspecified atom stereocenters. The highest BCUT2D eigenvalue weighted by atomic mass is 28.3. The Hall–Kier alpha value is -0.713. The average Bonchev–Trinajstić information content (AvgIpc) is 2.82. The van der Waals surface area contributed by atoms with E-state index in [9.17, 15) is 9.50 Å². The minimum absolute atomic E-state index is 0.193. The zero-order chi connectivity index (χ0) is 13.2. The van der Waals surface area contributed by atoms with Crippen LogP contribution in [0.1, 0.15) is 12.8 Å². The molecule has 0 amide bonds. The molecule has 0 radical (unpaired) electrons. The van der Waals surface area contributed by atoms with Crippen LogP contribution in [0.5, 0.6) is 0 Å². The molecule has 1 aliphatic heterocycles. The van der Waals surface area contributed by atoms with Gasteiger partial charge in [-0.15, -0.1) is 0 Å². The van der Waals surface area contributed by atoms with Gasteiger partial charge in [0, 0.05) is 6.04 Å². The smallest absolute Gasteiger partial charge is 0.123 e. The Labute approximate surface area is 109 Å². The van der Waals surface area contributed by atoms with Gasteiger partial charge in [-0.1, -0.05) is 30.4 Å². The predicted octanol–water partition coefficient (Wildman–Crippen LogP) is 1.85. The maximum atomic E-state index is 12.9. The molecule has 0 aromatic heterocycles. The second-order valence-corrected chi connectivity index (χ2v) is 10.6. The lowest BCUT2D eigenvalue weighted by Gasteiger charge is -2.28. The number of hydrogen-bond donors (Lipinski definition) is 2. The minimum atomic E-state index is -1.69. The summed E-state index contributed by atoms with van der Waals surface area (Å²) in [6.45, 7) is 5.48. The number of aliphatic hydroxyl groups excluding tert-OH is 1. The molecular weight excluding hydrogens is 245 g/mol. The summed E-state index contributed by atoms with van der Waals surface area (Å²) >= 11 is 0. The summed E-state index contributed by atoms with van der Waals surface area (Å²) in [5.74, 6) is -0.193. The van der Waals surface area contributed by atoms with Gasteiger partial charge in [0.25, 0.3) is 0 Å². The summed E-state index contributed by atoms with van der Waals surface area (Å²) in [7, 11) is -1.69. The van der Waals surface area contributed by atoms with Crippen molar-refractivity contribution in [1.29, 1.82) is 0 Å². The molecule has 0 spiro atoms. The Morgan fingerprint density at radius 1 is 1.39 bits per heavy atom. The van der Waals surface area contributed by atoms with E-state index in [0.29, 0.717) is 0 Å². The molecule has 1 fully saturated rings. The fourth-order valence-corrected chi connectivity index (χ4v) is 5.36. The van der Waals surface area contributed by atoms with Gasteiger partial charge in [0.1, 0.15) is 5.82 Å². The van der Waals surface area contributed by atoms with Crippen LogP contribution in [0.2, 0.25) is 19.1 Å². The van der Waals surface area contributed by atoms with Crippen LogP contribution in [0.3, 0.4) is 0 Å². The van der Waals surface area contributed by atoms with E-state index in [0.717, 1.165) is 25.4 Å². The zero-order valence-electron chi connectivity index (χ0n) is 11.1. The van der Waals surface area contributed by atoms with Crippen LogP contribution in [-0.2, 0) is 0 Å². The molecule has 18 heavy (non-hydrogen) atoms. The van der Waals surface area contributed by atoms with Gasteiger partial charge >= 0.3 is 0 Å². The Morgan fingerprint density at radius 3 is 2.61 bits per heavy atom. The number of nitrogens with one attached hydrogen (secondary N) is 1. The van der Waals surface area contributed by atoms with E-state index in [1.165, 1.54) is 17.3 Å². The summed E-state index contributed by atoms with van der Waals surface area (Å²) in [5, 5.41) is 14.9. The molecule has 100 valence electrons. The fourth-order valence-electron chi connectivity index (χ4n) is 2.72. The molecule has 0 aliphatic carbocycles. The highest BCUT2D eigenvalue weighted by Crippen LogP contribution is 2.19. The number of benzene rings is 1. The largest absolute Gasteiger partial charge is 0.392 e. The summed E-state index contributed by atoms with van der Waals surface area (Å²) < 4.78 is 12.9. The Kier molecular flexibility index (Phi) is 4.20. The highest BCUT2D eigenvalue weighted by molar-refractivity contribution is 6.89. The van der Waals surface area contributed by atoms with Crippen molar-refractivity contribution in [3.63, 3.8) is 0 Å². The molecule has 0 saturated carbocycles. The molecule has 1 saturated heterocycles. The lowest BCUT2D eigenvalue weighted by Crippen LogP contribution is -2.48. The monoisotopic (exact) mass is 267 g/mol. The standard InChI is InChI=1S/C14H22FNOSi/c1-18(2,12-7-5-11(15)6-8-12)10-14(17)13-4-3-9-16-13/h5-8,13-14,16-17H,3-4,9-10H2,1-2H3/t13-,14?/m0/s1. The molecule has 2 nitrogen and oxygen atoms in total. The van der Waals surface area contributed by atoms with Crippen molar-refractivity contribution < 1.29 is 9.50 Å². The SMILES string of the molecule is C[Si](C)(CC(O)[C@@H]1CCCN1)c1ccc(F)cc1. The summed E-state index contributed by atoms with van der Waals surface area (Å²) in [6, 6.07) is 7.86. The summed E-state index contributed by atoms with van der Waals surface area (Å²) in [5.41, 5.74) is 0. The van der Waals surface area contributed by atoms with Crippen LogP contribution in [0.25, 0.3) is 0 Å². The van der Waals surface area contributed by atoms with E-state index < -0.39 is 8.07 Å². The van der Waals surface area contributed by atoms with Crippen molar-refractivity contribution in [1.82, 2.24) is 5.32 Å². The van der Waals surface area contributed by atoms with Crippen LogP contribution in [-0.4, -0.2) is 31.9 Å². The van der Waals surface area contributed by atoms with Crippen LogP contribution in [0, 0.1) is 5.82 Å². The van der Waals surface area contributed by atoms with Gasteiger partial charge in [0.05, 0.1) is 14.2 Å². The van der Waals surface area contributed by atoms with Gasteiger partial charge < -0.3 is 10.4 Å². The summed E-state index contributed by atoms with van der Waals surface area (Å²) in [4.78, 5) is 0. The number of halogens is 1. The fraction of sp³-hybridized carbons (Fsp3) is 0.571. The molecule has 1 heterocycles. The molecule has 2 atom stereocenters. The molecule has 4 heteroatoms. The van der Waals surface area contributed by atoms with E-state index >= 15 is 0 Å². The van der Waals surface area contributed by atoms with Crippen molar-refractivity contribution in [2.45, 2.75) is 44.1 Å². The van der Waals surface area contributed by atoms with Crippen molar-refractivity contribution >= 4 is 13.3 Å². The predicted molar refractivity (Wildman–Crippen MR) is 75.4 cm³/mol. The minimum Gasteiger partial charge on any atom is -0.392 e. The third-order valence-corrected chi connectivity index (χ3v) is 7.24. The van der Waals surface area contributed by atoms with Crippen molar-refractivity contribution in [2.24, 2.45) is 0 Å². The normalized spacial score (nSPS) is 22.1. The van der Waals surface area contributed by atoms with E-state index in [1.807, 2.05) is 12.1 Å². The third kappa shape index (κ3) is 3.19. The first-order valence-electron chi connectivity index (χ1n) is 6.66. The second-order valence-electron chi connectivity index (χ2n) is 5.87. The topological polar surface area (TPSA) is 32.3 Å². The zero-order valence-corrected chi connectivity index (χ0v) is 12.1. The van der Waals surface area contributed by atoms with Crippen molar-refractivity contribution in [3.05, 3.63) is 30.1 Å². The Balaban J connectivity index is 2.03. The number of rotatable bonds is 4. The lowest BCUT2D eigenvalue weighted by atomic mass is 10.1. The van der Waals surface area contributed by atoms with Crippen LogP contribution in [0.15, 0.2) is 24.3 Å².